The van der Waals surface area contributed by atoms with E-state index in [1.165, 1.54) is 4.90 Å². The summed E-state index contributed by atoms with van der Waals surface area (Å²) in [5, 5.41) is 5.46. The number of ketones is 2. The van der Waals surface area contributed by atoms with Crippen molar-refractivity contribution in [1.82, 2.24) is 15.5 Å². The number of hydrogen-bond donors (Lipinski definition) is 2. The minimum absolute atomic E-state index is 0.125. The van der Waals surface area contributed by atoms with Crippen molar-refractivity contribution in [3.8, 4) is 0 Å². The van der Waals surface area contributed by atoms with E-state index in [2.05, 4.69) is 10.6 Å². The molecular formula is C29H37Cl2N3O6. The third-order valence-electron chi connectivity index (χ3n) is 7.93. The number of ether oxygens (including phenoxy) is 1. The average Bonchev–Trinajstić information content (AvgIpc) is 3.24. The maximum absolute atomic E-state index is 14.2. The Balaban J connectivity index is 1.60. The van der Waals surface area contributed by atoms with Crippen LogP contribution in [-0.2, 0) is 36.8 Å². The Morgan fingerprint density at radius 1 is 1.07 bits per heavy atom. The van der Waals surface area contributed by atoms with Crippen molar-refractivity contribution in [3.05, 3.63) is 35.4 Å². The summed E-state index contributed by atoms with van der Waals surface area (Å²) in [5.41, 5.74) is 1.42. The van der Waals surface area contributed by atoms with Crippen molar-refractivity contribution in [2.45, 2.75) is 88.4 Å². The lowest BCUT2D eigenvalue weighted by atomic mass is 9.94. The molecule has 1 saturated heterocycles. The molecule has 3 aliphatic rings. The zero-order valence-corrected chi connectivity index (χ0v) is 25.0. The first-order valence-corrected chi connectivity index (χ1v) is 14.5. The zero-order valence-electron chi connectivity index (χ0n) is 23.5. The Kier molecular flexibility index (Phi) is 8.58. The largest absolute Gasteiger partial charge is 0.444 e. The standard InChI is InChI=1S/C29H37Cl2N3O6/c1-6-9-20(24(36)15(2)35)32-25(37)23-21-19(29(21,30)31)14-34(23)26(38)22(33-27(39)40-28(3,4)5)18-12-16-10-7-8-11-17(16)13-18/h7-8,10-11,18-23H,6,9,12-14H2,1-5H3,(H,32,37)(H,33,39)/t19-,20-,21-,22-,23-/m0/s1. The molecule has 1 aromatic rings. The van der Waals surface area contributed by atoms with Crippen LogP contribution in [0.3, 0.4) is 0 Å². The van der Waals surface area contributed by atoms with Gasteiger partial charge in [-0.1, -0.05) is 37.6 Å². The Morgan fingerprint density at radius 2 is 1.68 bits per heavy atom. The van der Waals surface area contributed by atoms with E-state index in [-0.39, 0.29) is 24.8 Å². The molecule has 0 spiro atoms. The summed E-state index contributed by atoms with van der Waals surface area (Å²) in [5.74, 6) is -3.54. The van der Waals surface area contributed by atoms with E-state index in [1.54, 1.807) is 20.8 Å². The first-order valence-electron chi connectivity index (χ1n) is 13.8. The van der Waals surface area contributed by atoms with Gasteiger partial charge in [0.25, 0.3) is 0 Å². The van der Waals surface area contributed by atoms with E-state index >= 15 is 0 Å². The number of rotatable bonds is 9. The highest BCUT2D eigenvalue weighted by Crippen LogP contribution is 2.65. The van der Waals surface area contributed by atoms with Gasteiger partial charge in [0.15, 0.2) is 5.78 Å². The summed E-state index contributed by atoms with van der Waals surface area (Å²) in [7, 11) is 0. The minimum atomic E-state index is -1.19. The second-order valence-electron chi connectivity index (χ2n) is 12.1. The molecule has 0 bridgehead atoms. The topological polar surface area (TPSA) is 122 Å². The number of carbonyl (C=O) groups is 5. The highest BCUT2D eigenvalue weighted by Gasteiger charge is 2.74. The summed E-state index contributed by atoms with van der Waals surface area (Å²) in [4.78, 5) is 66.4. The summed E-state index contributed by atoms with van der Waals surface area (Å²) < 4.78 is 4.28. The van der Waals surface area contributed by atoms with Gasteiger partial charge in [0.2, 0.25) is 17.6 Å². The van der Waals surface area contributed by atoms with Gasteiger partial charge in [-0.15, -0.1) is 23.2 Å². The van der Waals surface area contributed by atoms with E-state index in [9.17, 15) is 24.0 Å². The predicted molar refractivity (Wildman–Crippen MR) is 150 cm³/mol. The van der Waals surface area contributed by atoms with Crippen LogP contribution in [0.2, 0.25) is 0 Å². The number of alkyl halides is 2. The molecule has 2 fully saturated rings. The number of carbonyl (C=O) groups excluding carboxylic acids is 5. The molecule has 9 nitrogen and oxygen atoms in total. The fourth-order valence-electron chi connectivity index (χ4n) is 6.02. The van der Waals surface area contributed by atoms with E-state index in [0.717, 1.165) is 18.1 Å². The van der Waals surface area contributed by atoms with Crippen LogP contribution < -0.4 is 10.6 Å². The molecule has 0 aromatic heterocycles. The fourth-order valence-corrected chi connectivity index (χ4v) is 6.84. The summed E-state index contributed by atoms with van der Waals surface area (Å²) >= 11 is 13.0. The molecule has 1 aliphatic heterocycles. The second kappa shape index (κ2) is 11.3. The third kappa shape index (κ3) is 6.15. The molecule has 2 aliphatic carbocycles. The van der Waals surface area contributed by atoms with E-state index in [0.29, 0.717) is 19.3 Å². The van der Waals surface area contributed by atoms with Gasteiger partial charge in [-0.25, -0.2) is 4.79 Å². The molecular weight excluding hydrogens is 557 g/mol. The van der Waals surface area contributed by atoms with E-state index in [4.69, 9.17) is 27.9 Å². The van der Waals surface area contributed by atoms with E-state index < -0.39 is 63.5 Å². The van der Waals surface area contributed by atoms with Crippen molar-refractivity contribution in [1.29, 1.82) is 0 Å². The molecule has 40 heavy (non-hydrogen) atoms. The van der Waals surface area contributed by atoms with Gasteiger partial charge >= 0.3 is 6.09 Å². The number of Topliss-reactive ketones (excluding diaryl/α,β-unsaturated/α-hetero) is 2. The molecule has 11 heteroatoms. The lowest BCUT2D eigenvalue weighted by Crippen LogP contribution is -2.59. The number of nitrogens with one attached hydrogen (secondary N) is 2. The van der Waals surface area contributed by atoms with Crippen LogP contribution >= 0.6 is 23.2 Å². The molecule has 1 saturated carbocycles. The normalized spacial score (nSPS) is 24.4. The molecule has 1 heterocycles. The number of halogens is 2. The fraction of sp³-hybridized carbons (Fsp3) is 0.621. The van der Waals surface area contributed by atoms with Crippen LogP contribution in [-0.4, -0.2) is 69.0 Å². The molecule has 2 N–H and O–H groups in total. The van der Waals surface area contributed by atoms with Crippen LogP contribution in [0, 0.1) is 17.8 Å². The number of nitrogens with zero attached hydrogens (tertiary/aromatic N) is 1. The highest BCUT2D eigenvalue weighted by atomic mass is 35.5. The third-order valence-corrected chi connectivity index (χ3v) is 9.00. The van der Waals surface area contributed by atoms with Gasteiger partial charge in [0.1, 0.15) is 22.0 Å². The number of piperidine rings is 1. The van der Waals surface area contributed by atoms with Crippen molar-refractivity contribution >= 4 is 52.7 Å². The van der Waals surface area contributed by atoms with Gasteiger partial charge in [0.05, 0.1) is 6.04 Å². The van der Waals surface area contributed by atoms with Crippen molar-refractivity contribution in [2.24, 2.45) is 17.8 Å². The summed E-state index contributed by atoms with van der Waals surface area (Å²) in [6.45, 7) is 8.33. The van der Waals surface area contributed by atoms with Crippen LogP contribution in [0.25, 0.3) is 0 Å². The van der Waals surface area contributed by atoms with E-state index in [1.807, 2.05) is 31.2 Å². The number of likely N-dealkylation sites (tertiary alicyclic amines) is 1. The van der Waals surface area contributed by atoms with Gasteiger partial charge < -0.3 is 20.3 Å². The lowest BCUT2D eigenvalue weighted by Gasteiger charge is -2.35. The van der Waals surface area contributed by atoms with Crippen LogP contribution in [0.15, 0.2) is 24.3 Å². The predicted octanol–water partition coefficient (Wildman–Crippen LogP) is 3.37. The first-order chi connectivity index (χ1) is 18.7. The second-order valence-corrected chi connectivity index (χ2v) is 13.5. The lowest BCUT2D eigenvalue weighted by molar-refractivity contribution is -0.143. The quantitative estimate of drug-likeness (QED) is 0.334. The Labute approximate surface area is 244 Å². The van der Waals surface area contributed by atoms with Gasteiger partial charge in [0, 0.05) is 25.3 Å². The molecule has 0 radical (unpaired) electrons. The van der Waals surface area contributed by atoms with Crippen molar-refractivity contribution in [2.75, 3.05) is 6.54 Å². The van der Waals surface area contributed by atoms with Crippen LogP contribution in [0.5, 0.6) is 0 Å². The SMILES string of the molecule is CCC[C@H](NC(=O)[C@@H]1[C@@H]2[C@H](CN1C(=O)[C@@H](NC(=O)OC(C)(C)C)C1Cc3ccccc3C1)C2(Cl)Cl)C(=O)C(C)=O. The summed E-state index contributed by atoms with van der Waals surface area (Å²) in [6, 6.07) is 4.83. The maximum Gasteiger partial charge on any atom is 0.408 e. The number of benzene rings is 1. The maximum atomic E-state index is 14.2. The molecule has 5 atom stereocenters. The van der Waals surface area contributed by atoms with Crippen molar-refractivity contribution < 1.29 is 28.7 Å². The first kappa shape index (κ1) is 30.3. The summed E-state index contributed by atoms with van der Waals surface area (Å²) in [6.07, 6.45) is 1.24. The molecule has 218 valence electrons. The highest BCUT2D eigenvalue weighted by molar-refractivity contribution is 6.51. The number of alkyl carbamates (subject to hydrolysis) is 1. The minimum Gasteiger partial charge on any atom is -0.444 e. The molecule has 4 rings (SSSR count). The van der Waals surface area contributed by atoms with Gasteiger partial charge in [-0.05, 0) is 57.1 Å². The monoisotopic (exact) mass is 593 g/mol. The molecule has 0 unspecified atom stereocenters. The van der Waals surface area contributed by atoms with Gasteiger partial charge in [-0.3, -0.25) is 19.2 Å². The molecule has 1 aromatic carbocycles. The Morgan fingerprint density at radius 3 is 2.20 bits per heavy atom. The average molecular weight is 595 g/mol. The van der Waals surface area contributed by atoms with Crippen molar-refractivity contribution in [3.63, 3.8) is 0 Å². The number of fused-ring (bicyclic) bond motifs is 2. The Hall–Kier alpha value is -2.65. The number of hydrogen-bond acceptors (Lipinski definition) is 6. The van der Waals surface area contributed by atoms with Crippen LogP contribution in [0.4, 0.5) is 4.79 Å². The molecule has 3 amide bonds. The number of amides is 3. The van der Waals surface area contributed by atoms with Gasteiger partial charge in [-0.2, -0.15) is 0 Å². The van der Waals surface area contributed by atoms with Crippen LogP contribution in [0.1, 0.15) is 58.6 Å². The smallest absolute Gasteiger partial charge is 0.408 e. The Bertz CT molecular complexity index is 1190. The zero-order chi connectivity index (χ0) is 29.6.